The molecule has 0 saturated carbocycles. The van der Waals surface area contributed by atoms with E-state index < -0.39 is 0 Å². The predicted molar refractivity (Wildman–Crippen MR) is 110 cm³/mol. The van der Waals surface area contributed by atoms with Crippen LogP contribution in [0.1, 0.15) is 23.1 Å². The fourth-order valence-electron chi connectivity index (χ4n) is 2.17. The van der Waals surface area contributed by atoms with Crippen LogP contribution in [0.25, 0.3) is 0 Å². The molecule has 8 nitrogen and oxygen atoms in total. The van der Waals surface area contributed by atoms with Crippen molar-refractivity contribution < 1.29 is 9.59 Å². The molecule has 0 saturated heterocycles. The van der Waals surface area contributed by atoms with Gasteiger partial charge in [-0.2, -0.15) is 0 Å². The van der Waals surface area contributed by atoms with Gasteiger partial charge in [-0.25, -0.2) is 4.98 Å². The molecule has 0 spiro atoms. The van der Waals surface area contributed by atoms with E-state index in [1.54, 1.807) is 54.4 Å². The van der Waals surface area contributed by atoms with Crippen molar-refractivity contribution in [3.63, 3.8) is 0 Å². The lowest BCUT2D eigenvalue weighted by atomic mass is 10.2. The lowest BCUT2D eigenvalue weighted by Crippen LogP contribution is -2.24. The van der Waals surface area contributed by atoms with Gasteiger partial charge >= 0.3 is 0 Å². The van der Waals surface area contributed by atoms with Gasteiger partial charge in [0.25, 0.3) is 5.91 Å². The molecule has 0 fully saturated rings. The fourth-order valence-corrected chi connectivity index (χ4v) is 3.66. The summed E-state index contributed by atoms with van der Waals surface area (Å²) in [5.74, 6) is 0.183. The molecule has 1 aromatic carbocycles. The van der Waals surface area contributed by atoms with Gasteiger partial charge in [-0.3, -0.25) is 9.59 Å². The Bertz CT molecular complexity index is 959. The lowest BCUT2D eigenvalue weighted by molar-refractivity contribution is -0.115. The van der Waals surface area contributed by atoms with Crippen LogP contribution in [0.2, 0.25) is 5.02 Å². The van der Waals surface area contributed by atoms with Crippen molar-refractivity contribution in [2.75, 3.05) is 5.32 Å². The highest BCUT2D eigenvalue weighted by molar-refractivity contribution is 8.00. The van der Waals surface area contributed by atoms with Crippen molar-refractivity contribution in [1.29, 1.82) is 0 Å². The average molecular weight is 437 g/mol. The van der Waals surface area contributed by atoms with Crippen LogP contribution in [-0.4, -0.2) is 36.8 Å². The number of carbonyl (C=O) groups is 2. The molecule has 0 aliphatic rings. The molecule has 0 unspecified atom stereocenters. The zero-order chi connectivity index (χ0) is 20.1. The van der Waals surface area contributed by atoms with E-state index in [0.29, 0.717) is 26.7 Å². The summed E-state index contributed by atoms with van der Waals surface area (Å²) in [7, 11) is 1.79. The zero-order valence-electron chi connectivity index (χ0n) is 15.0. The Kier molecular flexibility index (Phi) is 6.65. The van der Waals surface area contributed by atoms with Crippen LogP contribution in [0.3, 0.4) is 0 Å². The summed E-state index contributed by atoms with van der Waals surface area (Å²) >= 11 is 8.47. The van der Waals surface area contributed by atoms with E-state index in [1.807, 2.05) is 0 Å². The van der Waals surface area contributed by atoms with Crippen molar-refractivity contribution >= 4 is 51.6 Å². The van der Waals surface area contributed by atoms with Gasteiger partial charge in [0.15, 0.2) is 16.1 Å². The number of aromatic nitrogens is 4. The smallest absolute Gasteiger partial charge is 0.251 e. The average Bonchev–Trinajstić information content (AvgIpc) is 3.31. The molecule has 2 N–H and O–H groups in total. The second kappa shape index (κ2) is 9.18. The molecule has 3 rings (SSSR count). The van der Waals surface area contributed by atoms with Crippen molar-refractivity contribution in [3.05, 3.63) is 52.3 Å². The van der Waals surface area contributed by atoms with Crippen LogP contribution in [0.15, 0.2) is 41.0 Å². The maximum absolute atomic E-state index is 12.2. The minimum atomic E-state index is -0.386. The van der Waals surface area contributed by atoms with Gasteiger partial charge in [0.2, 0.25) is 5.91 Å². The first kappa shape index (κ1) is 20.3. The van der Waals surface area contributed by atoms with E-state index in [-0.39, 0.29) is 23.6 Å². The number of nitrogens with zero attached hydrogens (tertiary/aromatic N) is 4. The number of carbonyl (C=O) groups excluding carboxylic acids is 2. The van der Waals surface area contributed by atoms with Gasteiger partial charge in [0.1, 0.15) is 0 Å². The summed E-state index contributed by atoms with van der Waals surface area (Å²) in [5, 5.41) is 16.9. The van der Waals surface area contributed by atoms with Gasteiger partial charge in [0, 0.05) is 29.2 Å². The number of thiazole rings is 1. The maximum Gasteiger partial charge on any atom is 0.251 e. The highest BCUT2D eigenvalue weighted by atomic mass is 35.5. The van der Waals surface area contributed by atoms with Gasteiger partial charge in [0.05, 0.1) is 11.8 Å². The van der Waals surface area contributed by atoms with Crippen LogP contribution < -0.4 is 10.6 Å². The molecule has 2 aromatic heterocycles. The van der Waals surface area contributed by atoms with Crippen LogP contribution >= 0.6 is 34.7 Å². The fraction of sp³-hybridized carbons (Fsp3) is 0.235. The van der Waals surface area contributed by atoms with Crippen LogP contribution in [0.4, 0.5) is 5.13 Å². The van der Waals surface area contributed by atoms with Crippen LogP contribution in [0, 0.1) is 0 Å². The van der Waals surface area contributed by atoms with Gasteiger partial charge in [-0.1, -0.05) is 23.4 Å². The van der Waals surface area contributed by atoms with Crippen molar-refractivity contribution in [2.24, 2.45) is 7.05 Å². The third-order valence-corrected chi connectivity index (χ3v) is 5.83. The second-order valence-electron chi connectivity index (χ2n) is 5.73. The molecule has 0 aliphatic heterocycles. The third-order valence-electron chi connectivity index (χ3n) is 3.75. The van der Waals surface area contributed by atoms with E-state index in [4.69, 9.17) is 11.6 Å². The molecule has 0 aliphatic carbocycles. The SMILES string of the molecule is C[C@H](Sc1nnc(CNC(=O)c2ccc(Cl)cc2)n1C)C(=O)Nc1nccs1. The number of thioether (sulfide) groups is 1. The minimum Gasteiger partial charge on any atom is -0.345 e. The summed E-state index contributed by atoms with van der Waals surface area (Å²) in [6, 6.07) is 6.62. The summed E-state index contributed by atoms with van der Waals surface area (Å²) < 4.78 is 1.75. The van der Waals surface area contributed by atoms with Gasteiger partial charge in [-0.05, 0) is 31.2 Å². The van der Waals surface area contributed by atoms with E-state index >= 15 is 0 Å². The molecular weight excluding hydrogens is 420 g/mol. The normalized spacial score (nSPS) is 11.8. The Hall–Kier alpha value is -2.43. The predicted octanol–water partition coefficient (Wildman–Crippen LogP) is 2.97. The van der Waals surface area contributed by atoms with E-state index in [0.717, 1.165) is 0 Å². The Morgan fingerprint density at radius 2 is 2.04 bits per heavy atom. The second-order valence-corrected chi connectivity index (χ2v) is 8.37. The van der Waals surface area contributed by atoms with E-state index in [1.165, 1.54) is 23.1 Å². The first-order valence-electron chi connectivity index (χ1n) is 8.23. The lowest BCUT2D eigenvalue weighted by Gasteiger charge is -2.10. The van der Waals surface area contributed by atoms with Crippen molar-refractivity contribution in [2.45, 2.75) is 23.9 Å². The Morgan fingerprint density at radius 3 is 2.71 bits per heavy atom. The molecule has 0 bridgehead atoms. The summed E-state index contributed by atoms with van der Waals surface area (Å²) in [4.78, 5) is 28.5. The summed E-state index contributed by atoms with van der Waals surface area (Å²) in [5.41, 5.74) is 0.508. The Labute approximate surface area is 174 Å². The zero-order valence-corrected chi connectivity index (χ0v) is 17.4. The number of amides is 2. The highest BCUT2D eigenvalue weighted by Gasteiger charge is 2.20. The molecule has 1 atom stereocenters. The quantitative estimate of drug-likeness (QED) is 0.552. The van der Waals surface area contributed by atoms with Crippen LogP contribution in [-0.2, 0) is 18.4 Å². The molecule has 146 valence electrons. The first-order valence-corrected chi connectivity index (χ1v) is 10.4. The number of anilines is 1. The van der Waals surface area contributed by atoms with Crippen molar-refractivity contribution in [3.8, 4) is 0 Å². The molecule has 2 heterocycles. The standard InChI is InChI=1S/C17H17ClN6O2S2/c1-10(14(25)21-16-19-7-8-27-16)28-17-23-22-13(24(17)2)9-20-15(26)11-3-5-12(18)6-4-11/h3-8,10H,9H2,1-2H3,(H,20,26)(H,19,21,25)/t10-/m0/s1. The molecular formula is C17H17ClN6O2S2. The Balaban J connectivity index is 1.56. The number of hydrogen-bond acceptors (Lipinski definition) is 7. The van der Waals surface area contributed by atoms with Crippen molar-refractivity contribution in [1.82, 2.24) is 25.1 Å². The summed E-state index contributed by atoms with van der Waals surface area (Å²) in [6.45, 7) is 2.00. The van der Waals surface area contributed by atoms with E-state index in [2.05, 4.69) is 25.8 Å². The molecule has 2 amide bonds. The monoisotopic (exact) mass is 436 g/mol. The third kappa shape index (κ3) is 5.09. The first-order chi connectivity index (χ1) is 13.4. The highest BCUT2D eigenvalue weighted by Crippen LogP contribution is 2.23. The van der Waals surface area contributed by atoms with E-state index in [9.17, 15) is 9.59 Å². The van der Waals surface area contributed by atoms with Gasteiger partial charge < -0.3 is 15.2 Å². The molecule has 11 heteroatoms. The van der Waals surface area contributed by atoms with Crippen LogP contribution in [0.5, 0.6) is 0 Å². The maximum atomic E-state index is 12.2. The molecule has 0 radical (unpaired) electrons. The number of halogens is 1. The number of benzene rings is 1. The Morgan fingerprint density at radius 1 is 1.29 bits per heavy atom. The van der Waals surface area contributed by atoms with Gasteiger partial charge in [-0.15, -0.1) is 21.5 Å². The largest absolute Gasteiger partial charge is 0.345 e. The topological polar surface area (TPSA) is 102 Å². The number of nitrogens with one attached hydrogen (secondary N) is 2. The minimum absolute atomic E-state index is 0.166. The number of rotatable bonds is 7. The summed E-state index contributed by atoms with van der Waals surface area (Å²) in [6.07, 6.45) is 1.63. The molecule has 28 heavy (non-hydrogen) atoms. The number of hydrogen-bond donors (Lipinski definition) is 2. The molecule has 3 aromatic rings.